The molecule has 0 radical (unpaired) electrons. The highest BCUT2D eigenvalue weighted by molar-refractivity contribution is 7.92. The summed E-state index contributed by atoms with van der Waals surface area (Å²) in [5.41, 5.74) is 6.21. The molecule has 1 aromatic heterocycles. The number of aromatic nitrogens is 2. The van der Waals surface area contributed by atoms with E-state index in [4.69, 9.17) is 5.73 Å². The minimum Gasteiger partial charge on any atom is -0.399 e. The summed E-state index contributed by atoms with van der Waals surface area (Å²) < 4.78 is 39.6. The third-order valence-corrected chi connectivity index (χ3v) is 3.67. The molecule has 18 heavy (non-hydrogen) atoms. The Kier molecular flexibility index (Phi) is 2.95. The fourth-order valence-corrected chi connectivity index (χ4v) is 2.57. The van der Waals surface area contributed by atoms with Crippen molar-refractivity contribution in [3.05, 3.63) is 35.8 Å². The van der Waals surface area contributed by atoms with Gasteiger partial charge >= 0.3 is 0 Å². The lowest BCUT2D eigenvalue weighted by Crippen LogP contribution is -2.15. The molecule has 0 spiro atoms. The second kappa shape index (κ2) is 4.30. The second-order valence-corrected chi connectivity index (χ2v) is 5.37. The van der Waals surface area contributed by atoms with Gasteiger partial charge in [-0.05, 0) is 25.1 Å². The summed E-state index contributed by atoms with van der Waals surface area (Å²) in [6.45, 7) is 1.66. The number of aryl methyl sites for hydroxylation is 1. The fraction of sp³-hybridized carbons (Fsp3) is 0.100. The standard InChI is InChI=1S/C10H11FN4O2S/c1-6-5-13-14-10(6)15-18(16,17)9-4-7(12)2-3-8(9)11/h2-5H,12H2,1H3,(H2,13,14,15). The number of nitrogens with two attached hydrogens (primary N) is 1. The maximum Gasteiger partial charge on any atom is 0.266 e. The number of aromatic amines is 1. The minimum atomic E-state index is -4.04. The lowest BCUT2D eigenvalue weighted by Gasteiger charge is -2.08. The molecule has 96 valence electrons. The van der Waals surface area contributed by atoms with Crippen molar-refractivity contribution < 1.29 is 12.8 Å². The Labute approximate surface area is 103 Å². The van der Waals surface area contributed by atoms with Gasteiger partial charge in [0.25, 0.3) is 10.0 Å². The Hall–Kier alpha value is -2.09. The lowest BCUT2D eigenvalue weighted by atomic mass is 10.3. The molecule has 0 unspecified atom stereocenters. The number of anilines is 2. The van der Waals surface area contributed by atoms with Crippen LogP contribution in [0.1, 0.15) is 5.56 Å². The van der Waals surface area contributed by atoms with Crippen LogP contribution in [0.5, 0.6) is 0 Å². The van der Waals surface area contributed by atoms with Gasteiger partial charge in [-0.25, -0.2) is 12.8 Å². The van der Waals surface area contributed by atoms with Crippen molar-refractivity contribution in [2.45, 2.75) is 11.8 Å². The van der Waals surface area contributed by atoms with Gasteiger partial charge in [0.1, 0.15) is 16.5 Å². The van der Waals surface area contributed by atoms with Crippen LogP contribution in [-0.2, 0) is 10.0 Å². The molecule has 6 nitrogen and oxygen atoms in total. The van der Waals surface area contributed by atoms with E-state index in [9.17, 15) is 12.8 Å². The summed E-state index contributed by atoms with van der Waals surface area (Å²) in [5, 5.41) is 6.14. The van der Waals surface area contributed by atoms with Gasteiger partial charge in [-0.15, -0.1) is 0 Å². The summed E-state index contributed by atoms with van der Waals surface area (Å²) in [5.74, 6) is -0.675. The van der Waals surface area contributed by atoms with Gasteiger partial charge in [0.2, 0.25) is 0 Å². The molecule has 0 aliphatic rings. The largest absolute Gasteiger partial charge is 0.399 e. The molecule has 1 aromatic carbocycles. The quantitative estimate of drug-likeness (QED) is 0.730. The smallest absolute Gasteiger partial charge is 0.266 e. The second-order valence-electron chi connectivity index (χ2n) is 3.72. The number of sulfonamides is 1. The zero-order valence-electron chi connectivity index (χ0n) is 9.44. The first-order chi connectivity index (χ1) is 8.40. The number of H-pyrrole nitrogens is 1. The number of halogens is 1. The molecule has 8 heteroatoms. The van der Waals surface area contributed by atoms with Gasteiger partial charge in [0.15, 0.2) is 0 Å². The van der Waals surface area contributed by atoms with Crippen molar-refractivity contribution >= 4 is 21.5 Å². The maximum atomic E-state index is 13.5. The van der Waals surface area contributed by atoms with E-state index in [2.05, 4.69) is 14.9 Å². The number of nitrogens with one attached hydrogen (secondary N) is 2. The van der Waals surface area contributed by atoms with Gasteiger partial charge in [0, 0.05) is 11.3 Å². The van der Waals surface area contributed by atoms with Crippen molar-refractivity contribution in [3.8, 4) is 0 Å². The van der Waals surface area contributed by atoms with Gasteiger partial charge in [0.05, 0.1) is 6.20 Å². The molecule has 0 bridgehead atoms. The molecule has 0 saturated carbocycles. The number of benzene rings is 1. The van der Waals surface area contributed by atoms with Gasteiger partial charge in [-0.3, -0.25) is 9.82 Å². The Morgan fingerprint density at radius 2 is 2.17 bits per heavy atom. The van der Waals surface area contributed by atoms with Crippen LogP contribution in [0.4, 0.5) is 15.9 Å². The third-order valence-electron chi connectivity index (χ3n) is 2.31. The monoisotopic (exact) mass is 270 g/mol. The summed E-state index contributed by atoms with van der Waals surface area (Å²) in [7, 11) is -4.04. The molecule has 0 saturated heterocycles. The zero-order valence-corrected chi connectivity index (χ0v) is 10.3. The van der Waals surface area contributed by atoms with Gasteiger partial charge < -0.3 is 5.73 Å². The SMILES string of the molecule is Cc1cn[nH]c1NS(=O)(=O)c1cc(N)ccc1F. The van der Waals surface area contributed by atoms with Crippen LogP contribution in [0.2, 0.25) is 0 Å². The van der Waals surface area contributed by atoms with Gasteiger partial charge in [-0.2, -0.15) is 5.10 Å². The number of hydrogen-bond donors (Lipinski definition) is 3. The highest BCUT2D eigenvalue weighted by Gasteiger charge is 2.20. The van der Waals surface area contributed by atoms with E-state index in [1.165, 1.54) is 12.3 Å². The average molecular weight is 270 g/mol. The molecule has 4 N–H and O–H groups in total. The number of rotatable bonds is 3. The highest BCUT2D eigenvalue weighted by atomic mass is 32.2. The van der Waals surface area contributed by atoms with Crippen LogP contribution in [0, 0.1) is 12.7 Å². The number of nitrogens with zero attached hydrogens (tertiary/aromatic N) is 1. The van der Waals surface area contributed by atoms with Gasteiger partial charge in [-0.1, -0.05) is 0 Å². The van der Waals surface area contributed by atoms with Crippen LogP contribution in [0.15, 0.2) is 29.3 Å². The van der Waals surface area contributed by atoms with E-state index in [0.29, 0.717) is 5.56 Å². The Morgan fingerprint density at radius 3 is 2.78 bits per heavy atom. The molecule has 0 fully saturated rings. The van der Waals surface area contributed by atoms with Crippen LogP contribution < -0.4 is 10.5 Å². The Bertz CT molecular complexity index is 681. The lowest BCUT2D eigenvalue weighted by molar-refractivity contribution is 0.570. The topological polar surface area (TPSA) is 101 Å². The van der Waals surface area contributed by atoms with E-state index >= 15 is 0 Å². The molecule has 0 aliphatic heterocycles. The summed E-state index contributed by atoms with van der Waals surface area (Å²) in [6.07, 6.45) is 1.45. The molecular weight excluding hydrogens is 259 g/mol. The average Bonchev–Trinajstić information content (AvgIpc) is 2.67. The minimum absolute atomic E-state index is 0.165. The molecule has 0 aliphatic carbocycles. The van der Waals surface area contributed by atoms with Crippen LogP contribution >= 0.6 is 0 Å². The van der Waals surface area contributed by atoms with Crippen LogP contribution in [0.3, 0.4) is 0 Å². The van der Waals surface area contributed by atoms with E-state index < -0.39 is 20.7 Å². The van der Waals surface area contributed by atoms with Crippen molar-refractivity contribution in [3.63, 3.8) is 0 Å². The van der Waals surface area contributed by atoms with Crippen molar-refractivity contribution in [1.29, 1.82) is 0 Å². The first kappa shape index (κ1) is 12.4. The molecule has 1 heterocycles. The molecule has 2 aromatic rings. The van der Waals surface area contributed by atoms with E-state index in [0.717, 1.165) is 12.1 Å². The normalized spacial score (nSPS) is 11.4. The number of nitrogen functional groups attached to an aromatic ring is 1. The predicted octanol–water partition coefficient (Wildman–Crippen LogP) is 1.24. The Morgan fingerprint density at radius 1 is 1.44 bits per heavy atom. The van der Waals surface area contributed by atoms with Crippen molar-refractivity contribution in [1.82, 2.24) is 10.2 Å². The van der Waals surface area contributed by atoms with E-state index in [-0.39, 0.29) is 11.5 Å². The van der Waals surface area contributed by atoms with E-state index in [1.54, 1.807) is 6.92 Å². The fourth-order valence-electron chi connectivity index (χ4n) is 1.36. The zero-order chi connectivity index (χ0) is 13.3. The van der Waals surface area contributed by atoms with Crippen LogP contribution in [0.25, 0.3) is 0 Å². The van der Waals surface area contributed by atoms with Crippen molar-refractivity contribution in [2.75, 3.05) is 10.5 Å². The van der Waals surface area contributed by atoms with Crippen LogP contribution in [-0.4, -0.2) is 18.6 Å². The first-order valence-corrected chi connectivity index (χ1v) is 6.46. The predicted molar refractivity (Wildman–Crippen MR) is 64.9 cm³/mol. The molecule has 0 atom stereocenters. The molecule has 0 amide bonds. The maximum absolute atomic E-state index is 13.5. The number of hydrogen-bond acceptors (Lipinski definition) is 4. The summed E-state index contributed by atoms with van der Waals surface area (Å²) in [6, 6.07) is 3.35. The summed E-state index contributed by atoms with van der Waals surface area (Å²) in [4.78, 5) is -0.503. The van der Waals surface area contributed by atoms with Crippen molar-refractivity contribution in [2.24, 2.45) is 0 Å². The van der Waals surface area contributed by atoms with E-state index in [1.807, 2.05) is 0 Å². The molecule has 2 rings (SSSR count). The third kappa shape index (κ3) is 2.28. The highest BCUT2D eigenvalue weighted by Crippen LogP contribution is 2.21. The first-order valence-electron chi connectivity index (χ1n) is 4.98. The molecular formula is C10H11FN4O2S. The Balaban J connectivity index is 2.43. The summed E-state index contributed by atoms with van der Waals surface area (Å²) >= 11 is 0.